The predicted octanol–water partition coefficient (Wildman–Crippen LogP) is 4.06. The summed E-state index contributed by atoms with van der Waals surface area (Å²) in [5.41, 5.74) is 3.35. The number of hydrogen-bond acceptors (Lipinski definition) is 6. The summed E-state index contributed by atoms with van der Waals surface area (Å²) >= 11 is 0. The smallest absolute Gasteiger partial charge is 0.341 e. The van der Waals surface area contributed by atoms with Gasteiger partial charge in [0.05, 0.1) is 21.3 Å². The van der Waals surface area contributed by atoms with E-state index in [2.05, 4.69) is 23.7 Å². The molecule has 3 aromatic carbocycles. The molecule has 6 heteroatoms. The zero-order valence-electron chi connectivity index (χ0n) is 19.1. The minimum atomic E-state index is -0.467. The SMILES string of the molecule is COC(=O)c1ccc(C#Cc2cc(C#Cc3ccc4c(c3)OCCO4)cc(OC)c2)cc1OC. The molecule has 170 valence electrons. The average molecular weight is 454 g/mol. The molecule has 0 unspecified atom stereocenters. The monoisotopic (exact) mass is 454 g/mol. The second kappa shape index (κ2) is 10.4. The molecule has 0 bridgehead atoms. The van der Waals surface area contributed by atoms with Crippen molar-refractivity contribution in [1.82, 2.24) is 0 Å². The van der Waals surface area contributed by atoms with E-state index in [1.54, 1.807) is 25.3 Å². The van der Waals surface area contributed by atoms with Crippen molar-refractivity contribution in [1.29, 1.82) is 0 Å². The van der Waals surface area contributed by atoms with Crippen LogP contribution in [-0.4, -0.2) is 40.5 Å². The molecule has 0 aliphatic carbocycles. The molecule has 0 saturated carbocycles. The molecule has 0 N–H and O–H groups in total. The predicted molar refractivity (Wildman–Crippen MR) is 127 cm³/mol. The van der Waals surface area contributed by atoms with E-state index in [9.17, 15) is 4.79 Å². The fourth-order valence-corrected chi connectivity index (χ4v) is 3.32. The van der Waals surface area contributed by atoms with Gasteiger partial charge in [-0.2, -0.15) is 0 Å². The van der Waals surface area contributed by atoms with Crippen molar-refractivity contribution in [2.75, 3.05) is 34.5 Å². The van der Waals surface area contributed by atoms with Gasteiger partial charge in [-0.15, -0.1) is 0 Å². The molecule has 1 aliphatic heterocycles. The van der Waals surface area contributed by atoms with Crippen LogP contribution in [0.15, 0.2) is 54.6 Å². The second-order valence-electron chi connectivity index (χ2n) is 7.22. The Bertz CT molecular complexity index is 1350. The van der Waals surface area contributed by atoms with E-state index in [0.29, 0.717) is 41.6 Å². The molecule has 1 heterocycles. The van der Waals surface area contributed by atoms with Gasteiger partial charge in [0.2, 0.25) is 0 Å². The van der Waals surface area contributed by atoms with Crippen molar-refractivity contribution in [3.8, 4) is 46.7 Å². The maximum Gasteiger partial charge on any atom is 0.341 e. The summed E-state index contributed by atoms with van der Waals surface area (Å²) in [5, 5.41) is 0. The van der Waals surface area contributed by atoms with Crippen LogP contribution in [-0.2, 0) is 4.74 Å². The maximum absolute atomic E-state index is 11.8. The van der Waals surface area contributed by atoms with Crippen LogP contribution in [0.5, 0.6) is 23.0 Å². The number of fused-ring (bicyclic) bond motifs is 1. The fourth-order valence-electron chi connectivity index (χ4n) is 3.32. The molecule has 3 aromatic rings. The standard InChI is InChI=1S/C28H22O6/c1-30-23-15-21(6-4-19-8-10-24(28(29)32-3)26(17-19)31-2)14-22(16-23)7-5-20-9-11-25-27(18-20)34-13-12-33-25/h8-11,14-18H,12-13H2,1-3H3. The lowest BCUT2D eigenvalue weighted by Gasteiger charge is -2.17. The van der Waals surface area contributed by atoms with E-state index in [1.165, 1.54) is 14.2 Å². The third-order valence-electron chi connectivity index (χ3n) is 4.99. The van der Waals surface area contributed by atoms with E-state index in [4.69, 9.17) is 23.7 Å². The molecular weight excluding hydrogens is 432 g/mol. The van der Waals surface area contributed by atoms with Gasteiger partial charge in [-0.25, -0.2) is 4.79 Å². The summed E-state index contributed by atoms with van der Waals surface area (Å²) in [6, 6.07) is 16.3. The molecule has 0 radical (unpaired) electrons. The fraction of sp³-hybridized carbons (Fsp3) is 0.179. The van der Waals surface area contributed by atoms with Crippen molar-refractivity contribution in [3.05, 3.63) is 82.4 Å². The zero-order valence-corrected chi connectivity index (χ0v) is 19.1. The van der Waals surface area contributed by atoms with E-state index in [-0.39, 0.29) is 0 Å². The van der Waals surface area contributed by atoms with Gasteiger partial charge >= 0.3 is 5.97 Å². The second-order valence-corrected chi connectivity index (χ2v) is 7.22. The van der Waals surface area contributed by atoms with E-state index >= 15 is 0 Å². The van der Waals surface area contributed by atoms with Crippen LogP contribution in [0.3, 0.4) is 0 Å². The Morgan fingerprint density at radius 1 is 0.706 bits per heavy atom. The van der Waals surface area contributed by atoms with Crippen LogP contribution >= 0.6 is 0 Å². The van der Waals surface area contributed by atoms with Crippen LogP contribution in [0.25, 0.3) is 0 Å². The number of benzene rings is 3. The van der Waals surface area contributed by atoms with Crippen molar-refractivity contribution < 1.29 is 28.5 Å². The minimum absolute atomic E-state index is 0.341. The highest BCUT2D eigenvalue weighted by molar-refractivity contribution is 5.92. The van der Waals surface area contributed by atoms with Gasteiger partial charge in [0, 0.05) is 22.3 Å². The van der Waals surface area contributed by atoms with Crippen molar-refractivity contribution in [2.45, 2.75) is 0 Å². The lowest BCUT2D eigenvalue weighted by atomic mass is 10.1. The van der Waals surface area contributed by atoms with E-state index in [1.807, 2.05) is 36.4 Å². The molecule has 0 amide bonds. The van der Waals surface area contributed by atoms with E-state index < -0.39 is 5.97 Å². The van der Waals surface area contributed by atoms with Gasteiger partial charge in [-0.1, -0.05) is 23.7 Å². The van der Waals surface area contributed by atoms with E-state index in [0.717, 1.165) is 22.4 Å². The van der Waals surface area contributed by atoms with Crippen LogP contribution < -0.4 is 18.9 Å². The Hall–Kier alpha value is -4.55. The molecule has 0 fully saturated rings. The molecule has 0 saturated heterocycles. The lowest BCUT2D eigenvalue weighted by molar-refractivity contribution is 0.0597. The summed E-state index contributed by atoms with van der Waals surface area (Å²) in [5.74, 6) is 14.5. The Kier molecular flexibility index (Phi) is 6.91. The highest BCUT2D eigenvalue weighted by Crippen LogP contribution is 2.30. The molecule has 0 aromatic heterocycles. The number of methoxy groups -OCH3 is 3. The van der Waals surface area contributed by atoms with Gasteiger partial charge in [0.15, 0.2) is 11.5 Å². The Balaban J connectivity index is 1.61. The topological polar surface area (TPSA) is 63.2 Å². The summed E-state index contributed by atoms with van der Waals surface area (Å²) in [7, 11) is 4.42. The van der Waals surface area contributed by atoms with Gasteiger partial charge < -0.3 is 23.7 Å². The Labute approximate surface area is 198 Å². The number of esters is 1. The normalized spacial score (nSPS) is 11.3. The number of ether oxygens (including phenoxy) is 5. The third-order valence-corrected chi connectivity index (χ3v) is 4.99. The molecule has 0 atom stereocenters. The van der Waals surface area contributed by atoms with Gasteiger partial charge in [-0.05, 0) is 54.6 Å². The van der Waals surface area contributed by atoms with Crippen LogP contribution in [0.2, 0.25) is 0 Å². The lowest BCUT2D eigenvalue weighted by Crippen LogP contribution is -2.15. The molecule has 1 aliphatic rings. The molecule has 6 nitrogen and oxygen atoms in total. The summed E-state index contributed by atoms with van der Waals surface area (Å²) < 4.78 is 26.7. The molecule has 34 heavy (non-hydrogen) atoms. The minimum Gasteiger partial charge on any atom is -0.497 e. The van der Waals surface area contributed by atoms with Gasteiger partial charge in [0.1, 0.15) is 30.3 Å². The largest absolute Gasteiger partial charge is 0.497 e. The highest BCUT2D eigenvalue weighted by atomic mass is 16.6. The van der Waals surface area contributed by atoms with Gasteiger partial charge in [-0.3, -0.25) is 0 Å². The first-order chi connectivity index (χ1) is 16.6. The van der Waals surface area contributed by atoms with Crippen molar-refractivity contribution in [3.63, 3.8) is 0 Å². The average Bonchev–Trinajstić information content (AvgIpc) is 2.89. The highest BCUT2D eigenvalue weighted by Gasteiger charge is 2.13. The first kappa shape index (κ1) is 22.6. The van der Waals surface area contributed by atoms with Crippen LogP contribution in [0.1, 0.15) is 32.6 Å². The third kappa shape index (κ3) is 5.26. The zero-order chi connectivity index (χ0) is 23.9. The number of hydrogen-bond donors (Lipinski definition) is 0. The van der Waals surface area contributed by atoms with Gasteiger partial charge in [0.25, 0.3) is 0 Å². The Morgan fingerprint density at radius 2 is 1.32 bits per heavy atom. The Morgan fingerprint density at radius 3 is 1.97 bits per heavy atom. The summed E-state index contributed by atoms with van der Waals surface area (Å²) in [6.07, 6.45) is 0. The summed E-state index contributed by atoms with van der Waals surface area (Å²) in [4.78, 5) is 11.8. The number of rotatable bonds is 3. The molecule has 4 rings (SSSR count). The quantitative estimate of drug-likeness (QED) is 0.439. The first-order valence-electron chi connectivity index (χ1n) is 10.5. The number of carbonyl (C=O) groups is 1. The van der Waals surface area contributed by atoms with Crippen molar-refractivity contribution >= 4 is 5.97 Å². The summed E-state index contributed by atoms with van der Waals surface area (Å²) in [6.45, 7) is 1.08. The maximum atomic E-state index is 11.8. The van der Waals surface area contributed by atoms with Crippen LogP contribution in [0, 0.1) is 23.7 Å². The molecular formula is C28H22O6. The first-order valence-corrected chi connectivity index (χ1v) is 10.5. The molecule has 0 spiro atoms. The van der Waals surface area contributed by atoms with Crippen LogP contribution in [0.4, 0.5) is 0 Å². The van der Waals surface area contributed by atoms with Crippen molar-refractivity contribution in [2.24, 2.45) is 0 Å². The number of carbonyl (C=O) groups excluding carboxylic acids is 1.